The van der Waals surface area contributed by atoms with Crippen LogP contribution < -0.4 is 0 Å². The normalized spacial score (nSPS) is 21.0. The van der Waals surface area contributed by atoms with Gasteiger partial charge in [0.25, 0.3) is 0 Å². The lowest BCUT2D eigenvalue weighted by Crippen LogP contribution is -2.09. The van der Waals surface area contributed by atoms with Gasteiger partial charge in [0.05, 0.1) is 5.71 Å². The molecular formula is C9H9BrN2O. The summed E-state index contributed by atoms with van der Waals surface area (Å²) in [4.78, 5) is 9.21. The fourth-order valence-corrected chi connectivity index (χ4v) is 1.56. The van der Waals surface area contributed by atoms with Gasteiger partial charge in [-0.25, -0.2) is 0 Å². The number of nitrogens with zero attached hydrogens (tertiary/aromatic N) is 2. The van der Waals surface area contributed by atoms with Gasteiger partial charge in [-0.1, -0.05) is 21.1 Å². The number of rotatable bonds is 2. The van der Waals surface area contributed by atoms with E-state index in [0.29, 0.717) is 0 Å². The Kier molecular flexibility index (Phi) is 2.59. The van der Waals surface area contributed by atoms with Crippen LogP contribution in [0.25, 0.3) is 0 Å². The van der Waals surface area contributed by atoms with Crippen LogP contribution in [0, 0.1) is 0 Å². The third kappa shape index (κ3) is 1.88. The van der Waals surface area contributed by atoms with Crippen LogP contribution in [-0.4, -0.2) is 22.1 Å². The lowest BCUT2D eigenvalue weighted by molar-refractivity contribution is 0.104. The van der Waals surface area contributed by atoms with Crippen LogP contribution >= 0.6 is 15.9 Å². The van der Waals surface area contributed by atoms with Crippen molar-refractivity contribution in [3.05, 3.63) is 30.1 Å². The van der Waals surface area contributed by atoms with Gasteiger partial charge in [0, 0.05) is 29.7 Å². The van der Waals surface area contributed by atoms with Crippen molar-refractivity contribution in [3.8, 4) is 0 Å². The molecule has 0 N–H and O–H groups in total. The first-order valence-electron chi connectivity index (χ1n) is 4.09. The molecule has 0 amide bonds. The molecule has 0 radical (unpaired) electrons. The van der Waals surface area contributed by atoms with Crippen molar-refractivity contribution in [1.82, 2.24) is 4.98 Å². The fraction of sp³-hybridized carbons (Fsp3) is 0.333. The highest BCUT2D eigenvalue weighted by atomic mass is 79.9. The standard InChI is InChI=1S/C9H9BrN2O/c10-5-8-4-9(12-13-8)7-2-1-3-11-6-7/h1-3,6,8H,4-5H2/t8-/m0/s1. The molecule has 0 unspecified atom stereocenters. The van der Waals surface area contributed by atoms with E-state index in [1.54, 1.807) is 12.4 Å². The molecule has 3 nitrogen and oxygen atoms in total. The number of oxime groups is 1. The summed E-state index contributed by atoms with van der Waals surface area (Å²) in [7, 11) is 0. The molecule has 1 aliphatic heterocycles. The molecule has 2 rings (SSSR count). The Labute approximate surface area is 84.9 Å². The van der Waals surface area contributed by atoms with Crippen LogP contribution in [0.15, 0.2) is 29.7 Å². The average Bonchev–Trinajstić information content (AvgIpc) is 2.67. The van der Waals surface area contributed by atoms with Crippen LogP contribution in [0.3, 0.4) is 0 Å². The molecule has 1 aromatic heterocycles. The van der Waals surface area contributed by atoms with Crippen molar-refractivity contribution in [3.63, 3.8) is 0 Å². The first-order valence-corrected chi connectivity index (χ1v) is 5.21. The minimum atomic E-state index is 0.176. The zero-order valence-electron chi connectivity index (χ0n) is 6.98. The Bertz CT molecular complexity index is 313. The Morgan fingerprint density at radius 3 is 3.15 bits per heavy atom. The van der Waals surface area contributed by atoms with Crippen molar-refractivity contribution < 1.29 is 4.84 Å². The van der Waals surface area contributed by atoms with E-state index in [1.165, 1.54) is 0 Å². The Hall–Kier alpha value is -0.900. The first kappa shape index (κ1) is 8.69. The van der Waals surface area contributed by atoms with Crippen molar-refractivity contribution in [2.75, 3.05) is 5.33 Å². The summed E-state index contributed by atoms with van der Waals surface area (Å²) >= 11 is 3.36. The number of hydrogen-bond donors (Lipinski definition) is 0. The molecule has 4 heteroatoms. The average molecular weight is 241 g/mol. The summed E-state index contributed by atoms with van der Waals surface area (Å²) in [6.07, 6.45) is 4.59. The van der Waals surface area contributed by atoms with Crippen molar-refractivity contribution in [1.29, 1.82) is 0 Å². The number of aromatic nitrogens is 1. The second-order valence-corrected chi connectivity index (χ2v) is 3.51. The summed E-state index contributed by atoms with van der Waals surface area (Å²) in [6, 6.07) is 3.89. The van der Waals surface area contributed by atoms with E-state index in [0.717, 1.165) is 23.0 Å². The summed E-state index contributed by atoms with van der Waals surface area (Å²) in [5.74, 6) is 0. The molecule has 1 aliphatic rings. The van der Waals surface area contributed by atoms with Crippen molar-refractivity contribution in [2.45, 2.75) is 12.5 Å². The maximum atomic E-state index is 5.18. The summed E-state index contributed by atoms with van der Waals surface area (Å²) in [5, 5.41) is 4.82. The highest BCUT2D eigenvalue weighted by Gasteiger charge is 2.20. The van der Waals surface area contributed by atoms with Gasteiger partial charge in [-0.15, -0.1) is 0 Å². The second-order valence-electron chi connectivity index (χ2n) is 2.87. The van der Waals surface area contributed by atoms with E-state index in [4.69, 9.17) is 4.84 Å². The maximum absolute atomic E-state index is 5.18. The van der Waals surface area contributed by atoms with E-state index in [-0.39, 0.29) is 6.10 Å². The second kappa shape index (κ2) is 3.87. The highest BCUT2D eigenvalue weighted by molar-refractivity contribution is 9.09. The molecule has 13 heavy (non-hydrogen) atoms. The molecule has 0 bridgehead atoms. The molecule has 0 aliphatic carbocycles. The van der Waals surface area contributed by atoms with Gasteiger partial charge in [0.15, 0.2) is 0 Å². The maximum Gasteiger partial charge on any atom is 0.142 e. The Balaban J connectivity index is 2.12. The van der Waals surface area contributed by atoms with Gasteiger partial charge in [-0.05, 0) is 12.1 Å². The molecule has 2 heterocycles. The fourth-order valence-electron chi connectivity index (χ4n) is 1.22. The number of alkyl halides is 1. The Morgan fingerprint density at radius 1 is 1.62 bits per heavy atom. The molecule has 0 spiro atoms. The largest absolute Gasteiger partial charge is 0.391 e. The van der Waals surface area contributed by atoms with Gasteiger partial charge in [-0.3, -0.25) is 4.98 Å². The van der Waals surface area contributed by atoms with Gasteiger partial charge in [-0.2, -0.15) is 0 Å². The van der Waals surface area contributed by atoms with Gasteiger partial charge >= 0.3 is 0 Å². The molecule has 1 atom stereocenters. The van der Waals surface area contributed by atoms with Gasteiger partial charge in [0.2, 0.25) is 0 Å². The lowest BCUT2D eigenvalue weighted by Gasteiger charge is -2.00. The van der Waals surface area contributed by atoms with Gasteiger partial charge < -0.3 is 4.84 Å². The first-order chi connectivity index (χ1) is 6.40. The monoisotopic (exact) mass is 240 g/mol. The van der Waals surface area contributed by atoms with E-state index < -0.39 is 0 Å². The molecular weight excluding hydrogens is 232 g/mol. The number of pyridine rings is 1. The molecule has 0 saturated heterocycles. The van der Waals surface area contributed by atoms with Crippen LogP contribution in [0.2, 0.25) is 0 Å². The minimum Gasteiger partial charge on any atom is -0.391 e. The molecule has 0 saturated carbocycles. The third-order valence-electron chi connectivity index (χ3n) is 1.90. The predicted molar refractivity (Wildman–Crippen MR) is 54.1 cm³/mol. The van der Waals surface area contributed by atoms with Crippen molar-refractivity contribution >= 4 is 21.6 Å². The SMILES string of the molecule is BrC[C@@H]1CC(c2cccnc2)=NO1. The summed E-state index contributed by atoms with van der Waals surface area (Å²) in [5.41, 5.74) is 2.03. The quantitative estimate of drug-likeness (QED) is 0.742. The van der Waals surface area contributed by atoms with E-state index in [9.17, 15) is 0 Å². The van der Waals surface area contributed by atoms with Gasteiger partial charge in [0.1, 0.15) is 6.10 Å². The molecule has 0 aromatic carbocycles. The van der Waals surface area contributed by atoms with Crippen LogP contribution in [0.4, 0.5) is 0 Å². The topological polar surface area (TPSA) is 34.5 Å². The van der Waals surface area contributed by atoms with Crippen molar-refractivity contribution in [2.24, 2.45) is 5.16 Å². The Morgan fingerprint density at radius 2 is 2.54 bits per heavy atom. The summed E-state index contributed by atoms with van der Waals surface area (Å²) < 4.78 is 0. The third-order valence-corrected chi connectivity index (χ3v) is 2.62. The zero-order chi connectivity index (χ0) is 9.10. The minimum absolute atomic E-state index is 0.176. The molecule has 68 valence electrons. The van der Waals surface area contributed by atoms with Crippen LogP contribution in [-0.2, 0) is 4.84 Å². The van der Waals surface area contributed by atoms with Crippen LogP contribution in [0.1, 0.15) is 12.0 Å². The lowest BCUT2D eigenvalue weighted by atomic mass is 10.1. The molecule has 1 aromatic rings. The zero-order valence-corrected chi connectivity index (χ0v) is 8.57. The molecule has 0 fully saturated rings. The summed E-state index contributed by atoms with van der Waals surface area (Å²) in [6.45, 7) is 0. The van der Waals surface area contributed by atoms with E-state index in [2.05, 4.69) is 26.1 Å². The highest BCUT2D eigenvalue weighted by Crippen LogP contribution is 2.16. The number of hydrogen-bond acceptors (Lipinski definition) is 3. The van der Waals surface area contributed by atoms with E-state index in [1.807, 2.05) is 12.1 Å². The van der Waals surface area contributed by atoms with E-state index >= 15 is 0 Å². The number of halogens is 1. The van der Waals surface area contributed by atoms with Crippen LogP contribution in [0.5, 0.6) is 0 Å². The predicted octanol–water partition coefficient (Wildman–Crippen LogP) is 1.97. The smallest absolute Gasteiger partial charge is 0.142 e.